The van der Waals surface area contributed by atoms with Crippen LogP contribution in [-0.2, 0) is 0 Å². The van der Waals surface area contributed by atoms with Gasteiger partial charge in [0.25, 0.3) is 5.91 Å². The number of amides is 1. The number of rotatable bonds is 2. The van der Waals surface area contributed by atoms with Crippen LogP contribution in [0.2, 0.25) is 0 Å². The summed E-state index contributed by atoms with van der Waals surface area (Å²) in [7, 11) is 0. The molecule has 4 heteroatoms. The molecular weight excluding hydrogens is 267 g/mol. The summed E-state index contributed by atoms with van der Waals surface area (Å²) in [4.78, 5) is 17.0. The first-order chi connectivity index (χ1) is 10.1. The second-order valence-electron chi connectivity index (χ2n) is 6.25. The first kappa shape index (κ1) is 14.5. The van der Waals surface area contributed by atoms with Gasteiger partial charge in [0.1, 0.15) is 5.82 Å². The molecule has 1 atom stereocenters. The lowest BCUT2D eigenvalue weighted by atomic mass is 10.1. The third kappa shape index (κ3) is 3.10. The first-order valence-corrected chi connectivity index (χ1v) is 7.94. The Morgan fingerprint density at radius 3 is 2.67 bits per heavy atom. The van der Waals surface area contributed by atoms with Crippen molar-refractivity contribution in [3.05, 3.63) is 35.1 Å². The molecule has 3 rings (SSSR count). The van der Waals surface area contributed by atoms with Gasteiger partial charge in [-0.3, -0.25) is 9.69 Å². The van der Waals surface area contributed by atoms with Gasteiger partial charge in [-0.05, 0) is 63.0 Å². The molecule has 2 saturated heterocycles. The lowest BCUT2D eigenvalue weighted by Crippen LogP contribution is -2.41. The Kier molecular flexibility index (Phi) is 4.24. The van der Waals surface area contributed by atoms with E-state index in [4.69, 9.17) is 0 Å². The number of hydrogen-bond donors (Lipinski definition) is 0. The van der Waals surface area contributed by atoms with Gasteiger partial charge in [-0.2, -0.15) is 0 Å². The van der Waals surface area contributed by atoms with Crippen LogP contribution in [-0.4, -0.2) is 47.9 Å². The Labute approximate surface area is 125 Å². The number of halogens is 1. The number of hydrogen-bond acceptors (Lipinski definition) is 2. The van der Waals surface area contributed by atoms with Crippen LogP contribution in [0.5, 0.6) is 0 Å². The molecule has 0 saturated carbocycles. The minimum absolute atomic E-state index is 0.0395. The van der Waals surface area contributed by atoms with Crippen LogP contribution in [0.4, 0.5) is 4.39 Å². The molecule has 21 heavy (non-hydrogen) atoms. The van der Waals surface area contributed by atoms with E-state index in [2.05, 4.69) is 4.90 Å². The molecule has 2 aliphatic rings. The molecule has 3 nitrogen and oxygen atoms in total. The zero-order valence-corrected chi connectivity index (χ0v) is 12.6. The lowest BCUT2D eigenvalue weighted by molar-refractivity contribution is 0.0771. The van der Waals surface area contributed by atoms with Crippen LogP contribution >= 0.6 is 0 Å². The molecule has 1 aromatic carbocycles. The van der Waals surface area contributed by atoms with E-state index in [0.717, 1.165) is 19.5 Å². The fourth-order valence-corrected chi connectivity index (χ4v) is 3.47. The van der Waals surface area contributed by atoms with Gasteiger partial charge in [-0.1, -0.05) is 6.42 Å². The summed E-state index contributed by atoms with van der Waals surface area (Å²) in [6.07, 6.45) is 4.95. The maximum absolute atomic E-state index is 13.3. The first-order valence-electron chi connectivity index (χ1n) is 7.94. The Morgan fingerprint density at radius 2 is 1.95 bits per heavy atom. The second-order valence-corrected chi connectivity index (χ2v) is 6.25. The summed E-state index contributed by atoms with van der Waals surface area (Å²) >= 11 is 0. The highest BCUT2D eigenvalue weighted by molar-refractivity contribution is 5.94. The van der Waals surface area contributed by atoms with Gasteiger partial charge < -0.3 is 4.90 Å². The Bertz CT molecular complexity index is 526. The van der Waals surface area contributed by atoms with E-state index >= 15 is 0 Å². The van der Waals surface area contributed by atoms with Gasteiger partial charge in [0.15, 0.2) is 0 Å². The van der Waals surface area contributed by atoms with Crippen LogP contribution in [0.15, 0.2) is 18.2 Å². The second kappa shape index (κ2) is 6.14. The highest BCUT2D eigenvalue weighted by atomic mass is 19.1. The van der Waals surface area contributed by atoms with Crippen molar-refractivity contribution in [3.63, 3.8) is 0 Å². The standard InChI is InChI=1S/C17H23FN2O/c1-13-11-14(5-6-16(13)18)17(21)20-10-7-15(12-20)19-8-3-2-4-9-19/h5-6,11,15H,2-4,7-10,12H2,1H3. The molecule has 0 bridgehead atoms. The molecule has 0 spiro atoms. The monoisotopic (exact) mass is 290 g/mol. The van der Waals surface area contributed by atoms with Crippen LogP contribution in [0, 0.1) is 12.7 Å². The van der Waals surface area contributed by atoms with E-state index in [9.17, 15) is 9.18 Å². The van der Waals surface area contributed by atoms with E-state index in [1.807, 2.05) is 4.90 Å². The average Bonchev–Trinajstić information content (AvgIpc) is 3.00. The fourth-order valence-electron chi connectivity index (χ4n) is 3.47. The topological polar surface area (TPSA) is 23.6 Å². The van der Waals surface area contributed by atoms with Crippen molar-refractivity contribution >= 4 is 5.91 Å². The Hall–Kier alpha value is -1.42. The highest BCUT2D eigenvalue weighted by Crippen LogP contribution is 2.22. The summed E-state index contributed by atoms with van der Waals surface area (Å²) in [6.45, 7) is 5.67. The number of likely N-dealkylation sites (tertiary alicyclic amines) is 2. The largest absolute Gasteiger partial charge is 0.337 e. The van der Waals surface area contributed by atoms with E-state index in [0.29, 0.717) is 17.2 Å². The van der Waals surface area contributed by atoms with Crippen molar-refractivity contribution in [2.45, 2.75) is 38.6 Å². The molecule has 1 aromatic rings. The molecule has 2 aliphatic heterocycles. The average molecular weight is 290 g/mol. The third-order valence-corrected chi connectivity index (χ3v) is 4.76. The zero-order chi connectivity index (χ0) is 14.8. The summed E-state index contributed by atoms with van der Waals surface area (Å²) in [5.74, 6) is -0.211. The number of piperidine rings is 1. The van der Waals surface area contributed by atoms with Crippen molar-refractivity contribution in [3.8, 4) is 0 Å². The molecule has 1 unspecified atom stereocenters. The Balaban J connectivity index is 1.64. The maximum atomic E-state index is 13.3. The van der Waals surface area contributed by atoms with E-state index < -0.39 is 0 Å². The highest BCUT2D eigenvalue weighted by Gasteiger charge is 2.31. The van der Waals surface area contributed by atoms with Gasteiger partial charge in [-0.15, -0.1) is 0 Å². The Morgan fingerprint density at radius 1 is 1.19 bits per heavy atom. The minimum atomic E-state index is -0.251. The molecular formula is C17H23FN2O. The van der Waals surface area contributed by atoms with Crippen LogP contribution in [0.3, 0.4) is 0 Å². The predicted molar refractivity (Wildman–Crippen MR) is 80.9 cm³/mol. The summed E-state index contributed by atoms with van der Waals surface area (Å²) in [5.41, 5.74) is 1.14. The molecule has 0 N–H and O–H groups in total. The molecule has 0 radical (unpaired) electrons. The van der Waals surface area contributed by atoms with Crippen molar-refractivity contribution in [1.29, 1.82) is 0 Å². The third-order valence-electron chi connectivity index (χ3n) is 4.76. The SMILES string of the molecule is Cc1cc(C(=O)N2CCC(N3CCCCC3)C2)ccc1F. The molecule has 1 amide bonds. The molecule has 0 aliphatic carbocycles. The number of carbonyl (C=O) groups is 1. The maximum Gasteiger partial charge on any atom is 0.253 e. The van der Waals surface area contributed by atoms with Gasteiger partial charge in [0.2, 0.25) is 0 Å². The van der Waals surface area contributed by atoms with Gasteiger partial charge >= 0.3 is 0 Å². The number of benzene rings is 1. The lowest BCUT2D eigenvalue weighted by Gasteiger charge is -2.32. The number of carbonyl (C=O) groups excluding carboxylic acids is 1. The van der Waals surface area contributed by atoms with Crippen molar-refractivity contribution < 1.29 is 9.18 Å². The van der Waals surface area contributed by atoms with E-state index in [1.165, 1.54) is 38.4 Å². The van der Waals surface area contributed by atoms with Crippen molar-refractivity contribution in [2.75, 3.05) is 26.2 Å². The minimum Gasteiger partial charge on any atom is -0.337 e. The molecule has 114 valence electrons. The summed E-state index contributed by atoms with van der Waals surface area (Å²) in [6, 6.07) is 5.15. The fraction of sp³-hybridized carbons (Fsp3) is 0.588. The zero-order valence-electron chi connectivity index (χ0n) is 12.6. The predicted octanol–water partition coefficient (Wildman–Crippen LogP) is 2.83. The summed E-state index contributed by atoms with van der Waals surface area (Å²) in [5, 5.41) is 0. The van der Waals surface area contributed by atoms with E-state index in [-0.39, 0.29) is 11.7 Å². The number of aryl methyl sites for hydroxylation is 1. The van der Waals surface area contributed by atoms with E-state index in [1.54, 1.807) is 19.1 Å². The van der Waals surface area contributed by atoms with Crippen LogP contribution in [0.25, 0.3) is 0 Å². The van der Waals surface area contributed by atoms with Crippen molar-refractivity contribution in [2.24, 2.45) is 0 Å². The van der Waals surface area contributed by atoms with Crippen LogP contribution < -0.4 is 0 Å². The number of nitrogens with zero attached hydrogens (tertiary/aromatic N) is 2. The smallest absolute Gasteiger partial charge is 0.253 e. The van der Waals surface area contributed by atoms with Crippen molar-refractivity contribution in [1.82, 2.24) is 9.80 Å². The van der Waals surface area contributed by atoms with Crippen LogP contribution in [0.1, 0.15) is 41.6 Å². The molecule has 2 heterocycles. The molecule has 0 aromatic heterocycles. The van der Waals surface area contributed by atoms with Gasteiger partial charge in [0, 0.05) is 24.7 Å². The molecule has 2 fully saturated rings. The van der Waals surface area contributed by atoms with Gasteiger partial charge in [-0.25, -0.2) is 4.39 Å². The summed E-state index contributed by atoms with van der Waals surface area (Å²) < 4.78 is 13.3. The van der Waals surface area contributed by atoms with Gasteiger partial charge in [0.05, 0.1) is 0 Å². The normalized spacial score (nSPS) is 23.5. The quantitative estimate of drug-likeness (QED) is 0.836.